The van der Waals surface area contributed by atoms with Gasteiger partial charge in [0.25, 0.3) is 15.6 Å². The third kappa shape index (κ3) is 4.07. The van der Waals surface area contributed by atoms with Crippen LogP contribution in [0.2, 0.25) is 0 Å². The summed E-state index contributed by atoms with van der Waals surface area (Å²) < 4.78 is 31.4. The second kappa shape index (κ2) is 6.48. The Labute approximate surface area is 131 Å². The average molecular weight is 339 g/mol. The molecule has 122 valence electrons. The molecular weight excluding hydrogens is 326 g/mol. The quantitative estimate of drug-likeness (QED) is 0.683. The Morgan fingerprint density at radius 3 is 2.52 bits per heavy atom. The zero-order chi connectivity index (χ0) is 17.0. The maximum absolute atomic E-state index is 12.2. The van der Waals surface area contributed by atoms with Crippen molar-refractivity contribution < 1.29 is 23.1 Å². The normalized spacial score (nSPS) is 11.0. The molecule has 2 rings (SSSR count). The van der Waals surface area contributed by atoms with Gasteiger partial charge in [-0.1, -0.05) is 0 Å². The van der Waals surface area contributed by atoms with Crippen LogP contribution in [0, 0.1) is 0 Å². The average Bonchev–Trinajstić information content (AvgIpc) is 2.49. The molecular formula is C13H13N3O6S. The third-order valence-electron chi connectivity index (χ3n) is 2.82. The first-order valence-corrected chi connectivity index (χ1v) is 7.77. The van der Waals surface area contributed by atoms with Crippen LogP contribution in [0.4, 0.5) is 5.95 Å². The lowest BCUT2D eigenvalue weighted by atomic mass is 10.2. The fourth-order valence-corrected chi connectivity index (χ4v) is 2.67. The SMILES string of the molecule is COc1ccc(S(=O)(=O)Nc2ncc(CC(=O)O)c(=O)[nH]2)cc1. The van der Waals surface area contributed by atoms with Crippen LogP contribution < -0.4 is 15.0 Å². The minimum atomic E-state index is -3.95. The van der Waals surface area contributed by atoms with Crippen LogP contribution in [0.1, 0.15) is 5.56 Å². The van der Waals surface area contributed by atoms with E-state index in [1.54, 1.807) is 0 Å². The van der Waals surface area contributed by atoms with Crippen molar-refractivity contribution in [3.63, 3.8) is 0 Å². The monoisotopic (exact) mass is 339 g/mol. The largest absolute Gasteiger partial charge is 0.497 e. The van der Waals surface area contributed by atoms with Gasteiger partial charge in [0.2, 0.25) is 5.95 Å². The molecule has 0 saturated heterocycles. The highest BCUT2D eigenvalue weighted by molar-refractivity contribution is 7.92. The van der Waals surface area contributed by atoms with Gasteiger partial charge in [-0.15, -0.1) is 0 Å². The highest BCUT2D eigenvalue weighted by Gasteiger charge is 2.16. The fourth-order valence-electron chi connectivity index (χ4n) is 1.70. The first-order valence-electron chi connectivity index (χ1n) is 6.28. The molecule has 0 fully saturated rings. The summed E-state index contributed by atoms with van der Waals surface area (Å²) in [5.41, 5.74) is -0.806. The Bertz CT molecular complexity index is 873. The van der Waals surface area contributed by atoms with E-state index in [4.69, 9.17) is 9.84 Å². The summed E-state index contributed by atoms with van der Waals surface area (Å²) in [4.78, 5) is 28.1. The van der Waals surface area contributed by atoms with Crippen LogP contribution in [0.15, 0.2) is 40.2 Å². The van der Waals surface area contributed by atoms with E-state index in [1.807, 2.05) is 0 Å². The maximum atomic E-state index is 12.2. The number of H-pyrrole nitrogens is 1. The van der Waals surface area contributed by atoms with Crippen LogP contribution in [0.25, 0.3) is 0 Å². The lowest BCUT2D eigenvalue weighted by Crippen LogP contribution is -2.22. The maximum Gasteiger partial charge on any atom is 0.308 e. The number of carboxylic acid groups (broad SMARTS) is 1. The van der Waals surface area contributed by atoms with Gasteiger partial charge >= 0.3 is 5.97 Å². The molecule has 23 heavy (non-hydrogen) atoms. The van der Waals surface area contributed by atoms with Gasteiger partial charge in [0.1, 0.15) is 5.75 Å². The zero-order valence-electron chi connectivity index (χ0n) is 11.9. The van der Waals surface area contributed by atoms with E-state index in [2.05, 4.69) is 14.7 Å². The van der Waals surface area contributed by atoms with Crippen molar-refractivity contribution in [3.8, 4) is 5.75 Å². The van der Waals surface area contributed by atoms with Crippen molar-refractivity contribution in [2.45, 2.75) is 11.3 Å². The Hall–Kier alpha value is -2.88. The van der Waals surface area contributed by atoms with Crippen LogP contribution in [-0.2, 0) is 21.2 Å². The van der Waals surface area contributed by atoms with Crippen LogP contribution in [-0.4, -0.2) is 36.6 Å². The van der Waals surface area contributed by atoms with Gasteiger partial charge in [-0.05, 0) is 24.3 Å². The van der Waals surface area contributed by atoms with Crippen LogP contribution >= 0.6 is 0 Å². The van der Waals surface area contributed by atoms with E-state index in [-0.39, 0.29) is 16.4 Å². The molecule has 0 atom stereocenters. The van der Waals surface area contributed by atoms with Gasteiger partial charge < -0.3 is 9.84 Å². The number of nitrogens with zero attached hydrogens (tertiary/aromatic N) is 1. The number of nitrogens with one attached hydrogen (secondary N) is 2. The van der Waals surface area contributed by atoms with Crippen molar-refractivity contribution in [3.05, 3.63) is 46.4 Å². The number of rotatable bonds is 6. The lowest BCUT2D eigenvalue weighted by Gasteiger charge is -2.08. The molecule has 1 aromatic heterocycles. The van der Waals surface area contributed by atoms with Gasteiger partial charge in [-0.25, -0.2) is 18.1 Å². The van der Waals surface area contributed by atoms with Gasteiger partial charge in [-0.3, -0.25) is 14.6 Å². The Kier molecular flexibility index (Phi) is 4.65. The molecule has 0 radical (unpaired) electrons. The van der Waals surface area contributed by atoms with Crippen LogP contribution in [0.5, 0.6) is 5.75 Å². The lowest BCUT2D eigenvalue weighted by molar-refractivity contribution is -0.136. The van der Waals surface area contributed by atoms with Gasteiger partial charge in [0.05, 0.1) is 18.4 Å². The molecule has 1 heterocycles. The summed E-state index contributed by atoms with van der Waals surface area (Å²) in [5, 5.41) is 8.64. The second-order valence-corrected chi connectivity index (χ2v) is 6.12. The highest BCUT2D eigenvalue weighted by atomic mass is 32.2. The number of aromatic amines is 1. The number of carbonyl (C=O) groups is 1. The van der Waals surface area contributed by atoms with Gasteiger partial charge in [0, 0.05) is 11.8 Å². The van der Waals surface area contributed by atoms with Gasteiger partial charge in [0.15, 0.2) is 0 Å². The third-order valence-corrected chi connectivity index (χ3v) is 4.17. The van der Waals surface area contributed by atoms with E-state index in [0.29, 0.717) is 5.75 Å². The van der Waals surface area contributed by atoms with Crippen molar-refractivity contribution in [2.24, 2.45) is 0 Å². The zero-order valence-corrected chi connectivity index (χ0v) is 12.8. The van der Waals surface area contributed by atoms with E-state index in [1.165, 1.54) is 31.4 Å². The predicted molar refractivity (Wildman–Crippen MR) is 80.0 cm³/mol. The molecule has 0 aliphatic carbocycles. The summed E-state index contributed by atoms with van der Waals surface area (Å²) in [7, 11) is -2.49. The summed E-state index contributed by atoms with van der Waals surface area (Å²) in [6.45, 7) is 0. The van der Waals surface area contributed by atoms with Crippen molar-refractivity contribution in [1.82, 2.24) is 9.97 Å². The fraction of sp³-hybridized carbons (Fsp3) is 0.154. The molecule has 2 aromatic rings. The molecule has 0 saturated carbocycles. The summed E-state index contributed by atoms with van der Waals surface area (Å²) >= 11 is 0. The number of carboxylic acids is 1. The number of benzene rings is 1. The Morgan fingerprint density at radius 2 is 2.00 bits per heavy atom. The smallest absolute Gasteiger partial charge is 0.308 e. The number of methoxy groups -OCH3 is 1. The highest BCUT2D eigenvalue weighted by Crippen LogP contribution is 2.17. The predicted octanol–water partition coefficient (Wildman–Crippen LogP) is 0.206. The van der Waals surface area contributed by atoms with Crippen molar-refractivity contribution in [1.29, 1.82) is 0 Å². The van der Waals surface area contributed by atoms with E-state index in [0.717, 1.165) is 6.20 Å². The molecule has 9 nitrogen and oxygen atoms in total. The number of aliphatic carboxylic acids is 1. The number of aromatic nitrogens is 2. The number of anilines is 1. The van der Waals surface area contributed by atoms with E-state index >= 15 is 0 Å². The summed E-state index contributed by atoms with van der Waals surface area (Å²) in [5.74, 6) is -1.00. The van der Waals surface area contributed by atoms with Crippen LogP contribution in [0.3, 0.4) is 0 Å². The van der Waals surface area contributed by atoms with Crippen molar-refractivity contribution in [2.75, 3.05) is 11.8 Å². The van der Waals surface area contributed by atoms with Crippen molar-refractivity contribution >= 4 is 21.9 Å². The molecule has 0 bridgehead atoms. The molecule has 0 spiro atoms. The minimum Gasteiger partial charge on any atom is -0.497 e. The number of hydrogen-bond acceptors (Lipinski definition) is 6. The number of hydrogen-bond donors (Lipinski definition) is 3. The minimum absolute atomic E-state index is 0.0458. The Balaban J connectivity index is 2.24. The molecule has 0 aliphatic rings. The Morgan fingerprint density at radius 1 is 1.35 bits per heavy atom. The topological polar surface area (TPSA) is 138 Å². The summed E-state index contributed by atoms with van der Waals surface area (Å²) in [6, 6.07) is 5.61. The first kappa shape index (κ1) is 16.5. The van der Waals surface area contributed by atoms with E-state index in [9.17, 15) is 18.0 Å². The number of sulfonamides is 1. The molecule has 0 unspecified atom stereocenters. The first-order chi connectivity index (χ1) is 10.8. The van der Waals surface area contributed by atoms with Gasteiger partial charge in [-0.2, -0.15) is 0 Å². The standard InChI is InChI=1S/C13H13N3O6S/c1-22-9-2-4-10(5-3-9)23(20,21)16-13-14-7-8(6-11(17)18)12(19)15-13/h2-5,7H,6H2,1H3,(H,17,18)(H2,14,15,16,19). The number of ether oxygens (including phenoxy) is 1. The molecule has 3 N–H and O–H groups in total. The second-order valence-electron chi connectivity index (χ2n) is 4.44. The molecule has 0 amide bonds. The summed E-state index contributed by atoms with van der Waals surface area (Å²) in [6.07, 6.45) is 0.507. The molecule has 10 heteroatoms. The molecule has 0 aliphatic heterocycles. The van der Waals surface area contributed by atoms with E-state index < -0.39 is 28.0 Å². The molecule has 1 aromatic carbocycles.